The maximum absolute atomic E-state index is 13.2. The van der Waals surface area contributed by atoms with E-state index in [1.807, 2.05) is 13.8 Å². The van der Waals surface area contributed by atoms with E-state index in [4.69, 9.17) is 0 Å². The quantitative estimate of drug-likeness (QED) is 0.824. The van der Waals surface area contributed by atoms with E-state index >= 15 is 0 Å². The molecule has 0 heterocycles. The summed E-state index contributed by atoms with van der Waals surface area (Å²) >= 11 is 1.06. The Morgan fingerprint density at radius 3 is 2.71 bits per heavy atom. The van der Waals surface area contributed by atoms with Gasteiger partial charge in [0.05, 0.1) is 5.75 Å². The first-order valence-corrected chi connectivity index (χ1v) is 6.32. The zero-order valence-corrected chi connectivity index (χ0v) is 10.6. The Bertz CT molecular complexity index is 396. The molecule has 1 amide bonds. The molecule has 0 saturated heterocycles. The number of carbonyl (C=O) groups is 1. The van der Waals surface area contributed by atoms with Gasteiger partial charge in [-0.05, 0) is 18.1 Å². The number of halogens is 2. The molecule has 1 rings (SSSR count). The van der Waals surface area contributed by atoms with Crippen molar-refractivity contribution in [2.45, 2.75) is 18.7 Å². The van der Waals surface area contributed by atoms with Crippen molar-refractivity contribution in [2.75, 3.05) is 12.3 Å². The summed E-state index contributed by atoms with van der Waals surface area (Å²) in [4.78, 5) is 11.7. The van der Waals surface area contributed by atoms with E-state index in [-0.39, 0.29) is 16.6 Å². The van der Waals surface area contributed by atoms with Gasteiger partial charge in [-0.15, -0.1) is 11.8 Å². The first kappa shape index (κ1) is 14.0. The predicted octanol–water partition coefficient (Wildman–Crippen LogP) is 2.83. The zero-order chi connectivity index (χ0) is 12.8. The third-order valence-corrected chi connectivity index (χ3v) is 3.01. The molecule has 1 aromatic carbocycles. The molecule has 0 fully saturated rings. The van der Waals surface area contributed by atoms with Crippen molar-refractivity contribution in [2.24, 2.45) is 5.92 Å². The van der Waals surface area contributed by atoms with Crippen LogP contribution in [0.4, 0.5) is 8.78 Å². The standard InChI is InChI=1S/C12H15F2NOS/c1-8(2)6-15-12(16)7-17-11-4-3-9(13)5-10(11)14/h3-5,8H,6-7H2,1-2H3,(H,15,16). The summed E-state index contributed by atoms with van der Waals surface area (Å²) in [5.41, 5.74) is 0. The number of hydrogen-bond acceptors (Lipinski definition) is 2. The Balaban J connectivity index is 2.42. The van der Waals surface area contributed by atoms with Crippen molar-refractivity contribution >= 4 is 17.7 Å². The van der Waals surface area contributed by atoms with Crippen LogP contribution in [0.2, 0.25) is 0 Å². The van der Waals surface area contributed by atoms with Crippen LogP contribution < -0.4 is 5.32 Å². The summed E-state index contributed by atoms with van der Waals surface area (Å²) < 4.78 is 25.8. The summed E-state index contributed by atoms with van der Waals surface area (Å²) in [6.07, 6.45) is 0. The molecule has 0 aromatic heterocycles. The Kier molecular flexibility index (Phi) is 5.41. The van der Waals surface area contributed by atoms with Crippen molar-refractivity contribution in [3.05, 3.63) is 29.8 Å². The summed E-state index contributed by atoms with van der Waals surface area (Å²) in [5.74, 6) is -0.878. The van der Waals surface area contributed by atoms with Crippen LogP contribution in [0.5, 0.6) is 0 Å². The van der Waals surface area contributed by atoms with Gasteiger partial charge in [0.2, 0.25) is 5.91 Å². The maximum Gasteiger partial charge on any atom is 0.230 e. The molecule has 0 radical (unpaired) electrons. The van der Waals surface area contributed by atoms with Crippen molar-refractivity contribution in [1.29, 1.82) is 0 Å². The molecular formula is C12H15F2NOS. The van der Waals surface area contributed by atoms with E-state index in [0.29, 0.717) is 12.5 Å². The molecule has 2 nitrogen and oxygen atoms in total. The second-order valence-electron chi connectivity index (χ2n) is 4.06. The fraction of sp³-hybridized carbons (Fsp3) is 0.417. The molecule has 0 aliphatic rings. The van der Waals surface area contributed by atoms with Crippen LogP contribution in [0.3, 0.4) is 0 Å². The number of thioether (sulfide) groups is 1. The first-order chi connectivity index (χ1) is 7.99. The Morgan fingerprint density at radius 2 is 2.12 bits per heavy atom. The summed E-state index contributed by atoms with van der Waals surface area (Å²) in [5, 5.41) is 2.73. The SMILES string of the molecule is CC(C)CNC(=O)CSc1ccc(F)cc1F. The molecule has 94 valence electrons. The maximum atomic E-state index is 13.2. The van der Waals surface area contributed by atoms with Crippen molar-refractivity contribution in [3.63, 3.8) is 0 Å². The van der Waals surface area contributed by atoms with Gasteiger partial charge in [-0.1, -0.05) is 13.8 Å². The number of rotatable bonds is 5. The van der Waals surface area contributed by atoms with Gasteiger partial charge in [0.15, 0.2) is 0 Å². The van der Waals surface area contributed by atoms with Crippen molar-refractivity contribution < 1.29 is 13.6 Å². The van der Waals surface area contributed by atoms with E-state index in [1.165, 1.54) is 12.1 Å². The lowest BCUT2D eigenvalue weighted by atomic mass is 10.2. The highest BCUT2D eigenvalue weighted by atomic mass is 32.2. The average molecular weight is 259 g/mol. The molecule has 17 heavy (non-hydrogen) atoms. The fourth-order valence-corrected chi connectivity index (χ4v) is 1.85. The number of benzene rings is 1. The van der Waals surface area contributed by atoms with Crippen molar-refractivity contribution in [1.82, 2.24) is 5.32 Å². The average Bonchev–Trinajstić information content (AvgIpc) is 2.25. The number of carbonyl (C=O) groups excluding carboxylic acids is 1. The largest absolute Gasteiger partial charge is 0.355 e. The second-order valence-corrected chi connectivity index (χ2v) is 5.08. The van der Waals surface area contributed by atoms with Crippen LogP contribution in [-0.4, -0.2) is 18.2 Å². The predicted molar refractivity (Wildman–Crippen MR) is 64.9 cm³/mol. The number of hydrogen-bond donors (Lipinski definition) is 1. The molecule has 1 N–H and O–H groups in total. The Morgan fingerprint density at radius 1 is 1.41 bits per heavy atom. The molecule has 0 spiro atoms. The van der Waals surface area contributed by atoms with E-state index in [9.17, 15) is 13.6 Å². The third kappa shape index (κ3) is 5.17. The first-order valence-electron chi connectivity index (χ1n) is 5.33. The lowest BCUT2D eigenvalue weighted by molar-refractivity contribution is -0.118. The molecular weight excluding hydrogens is 244 g/mol. The van der Waals surface area contributed by atoms with Crippen LogP contribution in [0.1, 0.15) is 13.8 Å². The van der Waals surface area contributed by atoms with Crippen LogP contribution in [0.15, 0.2) is 23.1 Å². The molecule has 0 bridgehead atoms. The van der Waals surface area contributed by atoms with Gasteiger partial charge < -0.3 is 5.32 Å². The molecule has 0 atom stereocenters. The van der Waals surface area contributed by atoms with Gasteiger partial charge in [-0.2, -0.15) is 0 Å². The third-order valence-electron chi connectivity index (χ3n) is 1.96. The van der Waals surface area contributed by atoms with Gasteiger partial charge in [0, 0.05) is 17.5 Å². The molecule has 0 aliphatic heterocycles. The Labute approximate surface area is 104 Å². The summed E-state index contributed by atoms with van der Waals surface area (Å²) in [7, 11) is 0. The smallest absolute Gasteiger partial charge is 0.230 e. The fourth-order valence-electron chi connectivity index (χ4n) is 1.10. The number of amides is 1. The second kappa shape index (κ2) is 6.59. The minimum Gasteiger partial charge on any atom is -0.355 e. The number of nitrogens with one attached hydrogen (secondary N) is 1. The minimum absolute atomic E-state index is 0.134. The lowest BCUT2D eigenvalue weighted by Gasteiger charge is -2.07. The van der Waals surface area contributed by atoms with Gasteiger partial charge in [0.1, 0.15) is 11.6 Å². The van der Waals surface area contributed by atoms with E-state index in [0.717, 1.165) is 17.8 Å². The van der Waals surface area contributed by atoms with Crippen molar-refractivity contribution in [3.8, 4) is 0 Å². The highest BCUT2D eigenvalue weighted by Crippen LogP contribution is 2.21. The molecule has 0 unspecified atom stereocenters. The zero-order valence-electron chi connectivity index (χ0n) is 9.80. The van der Waals surface area contributed by atoms with E-state index in [2.05, 4.69) is 5.32 Å². The van der Waals surface area contributed by atoms with Gasteiger partial charge >= 0.3 is 0 Å². The minimum atomic E-state index is -0.633. The molecule has 0 saturated carbocycles. The summed E-state index contributed by atoms with van der Waals surface area (Å²) in [6, 6.07) is 3.33. The normalized spacial score (nSPS) is 10.6. The van der Waals surface area contributed by atoms with E-state index < -0.39 is 11.6 Å². The highest BCUT2D eigenvalue weighted by molar-refractivity contribution is 8.00. The van der Waals surface area contributed by atoms with Crippen LogP contribution in [0, 0.1) is 17.6 Å². The molecule has 5 heteroatoms. The van der Waals surface area contributed by atoms with E-state index in [1.54, 1.807) is 0 Å². The lowest BCUT2D eigenvalue weighted by Crippen LogP contribution is -2.28. The highest BCUT2D eigenvalue weighted by Gasteiger charge is 2.07. The Hall–Kier alpha value is -1.10. The van der Waals surface area contributed by atoms with Crippen LogP contribution >= 0.6 is 11.8 Å². The summed E-state index contributed by atoms with van der Waals surface area (Å²) in [6.45, 7) is 4.59. The topological polar surface area (TPSA) is 29.1 Å². The van der Waals surface area contributed by atoms with Gasteiger partial charge in [-0.3, -0.25) is 4.79 Å². The molecule has 0 aliphatic carbocycles. The van der Waals surface area contributed by atoms with Crippen LogP contribution in [-0.2, 0) is 4.79 Å². The van der Waals surface area contributed by atoms with Gasteiger partial charge in [-0.25, -0.2) is 8.78 Å². The monoisotopic (exact) mass is 259 g/mol. The van der Waals surface area contributed by atoms with Gasteiger partial charge in [0.25, 0.3) is 0 Å². The van der Waals surface area contributed by atoms with Crippen LogP contribution in [0.25, 0.3) is 0 Å². The molecule has 1 aromatic rings.